The van der Waals surface area contributed by atoms with E-state index in [9.17, 15) is 9.59 Å². The second-order valence-corrected chi connectivity index (χ2v) is 6.20. The van der Waals surface area contributed by atoms with Crippen molar-refractivity contribution in [3.8, 4) is 5.75 Å². The minimum absolute atomic E-state index is 0.121. The van der Waals surface area contributed by atoms with Gasteiger partial charge >= 0.3 is 5.97 Å². The molecule has 146 valence electrons. The van der Waals surface area contributed by atoms with Crippen molar-refractivity contribution in [2.75, 3.05) is 20.8 Å². The van der Waals surface area contributed by atoms with Gasteiger partial charge in [-0.2, -0.15) is 0 Å². The summed E-state index contributed by atoms with van der Waals surface area (Å²) in [6.07, 6.45) is 1.59. The van der Waals surface area contributed by atoms with Gasteiger partial charge in [0.15, 0.2) is 5.76 Å². The molecule has 1 aliphatic carbocycles. The molecule has 0 atom stereocenters. The zero-order chi connectivity index (χ0) is 20.4. The van der Waals surface area contributed by atoms with E-state index in [1.54, 1.807) is 50.8 Å². The third-order valence-corrected chi connectivity index (χ3v) is 4.67. The minimum Gasteiger partial charge on any atom is -0.497 e. The Hall–Kier alpha value is -3.35. The van der Waals surface area contributed by atoms with Crippen LogP contribution in [0.4, 0.5) is 5.69 Å². The Kier molecular flexibility index (Phi) is 5.35. The molecule has 0 N–H and O–H groups in total. The van der Waals surface area contributed by atoms with E-state index in [0.29, 0.717) is 22.8 Å². The first kappa shape index (κ1) is 19.4. The molecule has 7 heteroatoms. The van der Waals surface area contributed by atoms with Gasteiger partial charge in [0.05, 0.1) is 49.0 Å². The normalized spacial score (nSPS) is 14.5. The van der Waals surface area contributed by atoms with Crippen LogP contribution in [0, 0.1) is 6.92 Å². The first-order valence-corrected chi connectivity index (χ1v) is 8.82. The molecule has 1 aromatic carbocycles. The van der Waals surface area contributed by atoms with Crippen LogP contribution < -0.4 is 4.74 Å². The molecular formula is C21H22N2O5. The van der Waals surface area contributed by atoms with E-state index in [-0.39, 0.29) is 29.3 Å². The Morgan fingerprint density at radius 3 is 2.39 bits per heavy atom. The van der Waals surface area contributed by atoms with E-state index in [2.05, 4.69) is 4.99 Å². The predicted octanol–water partition coefficient (Wildman–Crippen LogP) is 3.37. The van der Waals surface area contributed by atoms with Gasteiger partial charge in [0.1, 0.15) is 5.75 Å². The highest BCUT2D eigenvalue weighted by molar-refractivity contribution is 6.28. The average Bonchev–Trinajstić information content (AvgIpc) is 2.96. The molecular weight excluding hydrogens is 360 g/mol. The van der Waals surface area contributed by atoms with E-state index in [1.165, 1.54) is 7.11 Å². The number of allylic oxidation sites excluding steroid dienone is 2. The van der Waals surface area contributed by atoms with Crippen molar-refractivity contribution in [1.82, 2.24) is 4.57 Å². The summed E-state index contributed by atoms with van der Waals surface area (Å²) in [7, 11) is 4.80. The van der Waals surface area contributed by atoms with Crippen molar-refractivity contribution >= 4 is 23.2 Å². The van der Waals surface area contributed by atoms with Crippen LogP contribution in [0.2, 0.25) is 0 Å². The fourth-order valence-corrected chi connectivity index (χ4v) is 3.19. The Morgan fingerprint density at radius 1 is 1.14 bits per heavy atom. The molecule has 1 aromatic heterocycles. The van der Waals surface area contributed by atoms with Gasteiger partial charge in [-0.05, 0) is 38.1 Å². The number of fused-ring (bicyclic) bond motifs is 1. The van der Waals surface area contributed by atoms with Gasteiger partial charge in [-0.25, -0.2) is 9.79 Å². The zero-order valence-corrected chi connectivity index (χ0v) is 16.5. The summed E-state index contributed by atoms with van der Waals surface area (Å²) in [5.41, 5.74) is 2.89. The number of hydrogen-bond acceptors (Lipinski definition) is 6. The Bertz CT molecular complexity index is 997. The van der Waals surface area contributed by atoms with Gasteiger partial charge in [0.25, 0.3) is 0 Å². The van der Waals surface area contributed by atoms with Crippen molar-refractivity contribution < 1.29 is 23.8 Å². The molecule has 0 spiro atoms. The number of esters is 1. The number of ketones is 1. The molecule has 0 amide bonds. The molecule has 28 heavy (non-hydrogen) atoms. The van der Waals surface area contributed by atoms with Gasteiger partial charge in [0, 0.05) is 18.8 Å². The third-order valence-electron chi connectivity index (χ3n) is 4.67. The van der Waals surface area contributed by atoms with Crippen LogP contribution in [0.3, 0.4) is 0 Å². The largest absolute Gasteiger partial charge is 0.497 e. The molecule has 1 heterocycles. The van der Waals surface area contributed by atoms with Gasteiger partial charge in [0.2, 0.25) is 5.78 Å². The smallest absolute Gasteiger partial charge is 0.340 e. The lowest BCUT2D eigenvalue weighted by Gasteiger charge is -2.16. The maximum atomic E-state index is 12.9. The summed E-state index contributed by atoms with van der Waals surface area (Å²) < 4.78 is 17.4. The summed E-state index contributed by atoms with van der Waals surface area (Å²) in [5, 5.41) is 0. The molecule has 3 rings (SSSR count). The molecule has 0 aliphatic heterocycles. The number of aliphatic imine (C=N–C) groups is 1. The number of Topliss-reactive ketones (excluding diaryl/α,β-unsaturated/α-hetero) is 1. The van der Waals surface area contributed by atoms with Crippen LogP contribution in [0.15, 0.2) is 41.1 Å². The number of rotatable bonds is 5. The topological polar surface area (TPSA) is 79.1 Å². The van der Waals surface area contributed by atoms with E-state index in [1.807, 2.05) is 12.1 Å². The maximum Gasteiger partial charge on any atom is 0.340 e. The van der Waals surface area contributed by atoms with Crippen LogP contribution in [0.5, 0.6) is 5.75 Å². The van der Waals surface area contributed by atoms with E-state index < -0.39 is 5.97 Å². The quantitative estimate of drug-likeness (QED) is 0.741. The minimum atomic E-state index is -0.536. The van der Waals surface area contributed by atoms with Crippen molar-refractivity contribution in [3.05, 3.63) is 58.6 Å². The highest BCUT2D eigenvalue weighted by atomic mass is 16.5. The number of carbonyl (C=O) groups excluding carboxylic acids is 2. The van der Waals surface area contributed by atoms with Crippen LogP contribution in [0.1, 0.15) is 39.0 Å². The van der Waals surface area contributed by atoms with Crippen LogP contribution in [0.25, 0.3) is 0 Å². The van der Waals surface area contributed by atoms with E-state index >= 15 is 0 Å². The van der Waals surface area contributed by atoms with Gasteiger partial charge in [-0.1, -0.05) is 0 Å². The number of methoxy groups -OCH3 is 2. The van der Waals surface area contributed by atoms with E-state index in [0.717, 1.165) is 5.75 Å². The Labute approximate surface area is 163 Å². The number of benzene rings is 1. The predicted molar refractivity (Wildman–Crippen MR) is 105 cm³/mol. The molecule has 2 aromatic rings. The summed E-state index contributed by atoms with van der Waals surface area (Å²) >= 11 is 0. The summed E-state index contributed by atoms with van der Waals surface area (Å²) in [6, 6.07) is 7.22. The maximum absolute atomic E-state index is 12.9. The van der Waals surface area contributed by atoms with Gasteiger partial charge in [-0.3, -0.25) is 4.79 Å². The fourth-order valence-electron chi connectivity index (χ4n) is 3.19. The second-order valence-electron chi connectivity index (χ2n) is 6.20. The van der Waals surface area contributed by atoms with Crippen molar-refractivity contribution in [2.45, 2.75) is 13.8 Å². The molecule has 0 radical (unpaired) electrons. The summed E-state index contributed by atoms with van der Waals surface area (Å²) in [4.78, 5) is 30.1. The highest BCUT2D eigenvalue weighted by Crippen LogP contribution is 2.31. The molecule has 0 saturated carbocycles. The number of aromatic nitrogens is 1. The lowest BCUT2D eigenvalue weighted by atomic mass is 9.95. The van der Waals surface area contributed by atoms with Crippen molar-refractivity contribution in [1.29, 1.82) is 0 Å². The molecule has 7 nitrogen and oxygen atoms in total. The summed E-state index contributed by atoms with van der Waals surface area (Å²) in [5.74, 6) is -0.0592. The number of nitrogens with zero attached hydrogens (tertiary/aromatic N) is 2. The second kappa shape index (κ2) is 7.72. The fraction of sp³-hybridized carbons (Fsp3) is 0.286. The van der Waals surface area contributed by atoms with Gasteiger partial charge < -0.3 is 18.8 Å². The van der Waals surface area contributed by atoms with Crippen molar-refractivity contribution in [3.63, 3.8) is 0 Å². The van der Waals surface area contributed by atoms with Crippen LogP contribution in [-0.2, 0) is 16.5 Å². The van der Waals surface area contributed by atoms with Gasteiger partial charge in [-0.15, -0.1) is 0 Å². The Morgan fingerprint density at radius 2 is 1.82 bits per heavy atom. The molecule has 0 fully saturated rings. The lowest BCUT2D eigenvalue weighted by molar-refractivity contribution is 0.0522. The number of hydrogen-bond donors (Lipinski definition) is 0. The Balaban J connectivity index is 2.22. The third kappa shape index (κ3) is 3.19. The molecule has 1 aliphatic rings. The van der Waals surface area contributed by atoms with Crippen LogP contribution in [-0.4, -0.2) is 42.9 Å². The SMILES string of the molecule is CCOC(=O)c1c2c(n(C)c1C)C(=Nc1ccc(OC)cc1)C=C(OC)C2=O. The summed E-state index contributed by atoms with van der Waals surface area (Å²) in [6.45, 7) is 3.72. The van der Waals surface area contributed by atoms with Crippen molar-refractivity contribution in [2.24, 2.45) is 12.0 Å². The molecule has 0 bridgehead atoms. The zero-order valence-electron chi connectivity index (χ0n) is 16.5. The van der Waals surface area contributed by atoms with Crippen LogP contribution >= 0.6 is 0 Å². The van der Waals surface area contributed by atoms with E-state index in [4.69, 9.17) is 14.2 Å². The average molecular weight is 382 g/mol. The number of carbonyl (C=O) groups is 2. The highest BCUT2D eigenvalue weighted by Gasteiger charge is 2.36. The molecule has 0 unspecified atom stereocenters. The lowest BCUT2D eigenvalue weighted by Crippen LogP contribution is -2.21. The standard InChI is InChI=1S/C21H22N2O5/c1-6-28-21(25)17-12(2)23(3)19-15(11-16(27-5)20(24)18(17)19)22-13-7-9-14(26-4)10-8-13/h7-11H,6H2,1-5H3. The molecule has 0 saturated heterocycles. The number of ether oxygens (including phenoxy) is 3. The monoisotopic (exact) mass is 382 g/mol. The first-order chi connectivity index (χ1) is 13.4. The first-order valence-electron chi connectivity index (χ1n) is 8.82.